The molecule has 6 aromatic rings. The van der Waals surface area contributed by atoms with E-state index < -0.39 is 41.1 Å². The average molecular weight is 1230 g/mol. The van der Waals surface area contributed by atoms with Crippen molar-refractivity contribution < 1.29 is 43.3 Å². The number of nitrogens with zero attached hydrogens (tertiary/aromatic N) is 9. The third kappa shape index (κ3) is 15.1. The molecule has 4 saturated heterocycles. The summed E-state index contributed by atoms with van der Waals surface area (Å²) in [5.41, 5.74) is 3.88. The molecule has 4 aliphatic rings. The lowest BCUT2D eigenvalue weighted by Crippen LogP contribution is -2.56. The number of aromatic hydroxyl groups is 1. The summed E-state index contributed by atoms with van der Waals surface area (Å²) < 4.78 is 29.5. The predicted octanol–water partition coefficient (Wildman–Crippen LogP) is 8.39. The fraction of sp³-hybridized carbons (Fsp3) is 0.523. The van der Waals surface area contributed by atoms with Gasteiger partial charge in [-0.25, -0.2) is 14.2 Å². The smallest absolute Gasteiger partial charge is 0.410 e. The normalized spacial score (nSPS) is 19.4. The minimum Gasteiger partial charge on any atom is -0.508 e. The Bertz CT molecular complexity index is 3450. The number of nitrogens with one attached hydrogen (secondary N) is 2. The number of carbonyl (C=O) groups is 4. The van der Waals surface area contributed by atoms with Crippen LogP contribution in [0.25, 0.3) is 43.2 Å². The zero-order valence-corrected chi connectivity index (χ0v) is 52.9. The molecule has 2 aromatic heterocycles. The summed E-state index contributed by atoms with van der Waals surface area (Å²) in [6.07, 6.45) is 1.11. The Hall–Kier alpha value is -6.75. The van der Waals surface area contributed by atoms with E-state index in [4.69, 9.17) is 31.0 Å². The summed E-state index contributed by atoms with van der Waals surface area (Å²) >= 11 is 8.60. The second-order valence-electron chi connectivity index (χ2n) is 25.6. The quantitative estimate of drug-likeness (QED) is 0.0637. The van der Waals surface area contributed by atoms with Gasteiger partial charge in [-0.15, -0.1) is 11.3 Å². The predicted molar refractivity (Wildman–Crippen MR) is 338 cm³/mol. The molecule has 10 rings (SSSR count). The number of thiazole rings is 1. The van der Waals surface area contributed by atoms with Gasteiger partial charge in [0, 0.05) is 102 Å². The van der Waals surface area contributed by atoms with Gasteiger partial charge in [0.05, 0.1) is 39.2 Å². The van der Waals surface area contributed by atoms with E-state index >= 15 is 4.39 Å². The maximum absolute atomic E-state index is 17.3. The molecule has 0 saturated carbocycles. The third-order valence-electron chi connectivity index (χ3n) is 17.6. The molecule has 87 heavy (non-hydrogen) atoms. The number of fused-ring (bicyclic) bond motifs is 2. The highest BCUT2D eigenvalue weighted by molar-refractivity contribution is 7.13. The number of aliphatic hydroxyl groups is 1. The van der Waals surface area contributed by atoms with Crippen molar-refractivity contribution in [2.75, 3.05) is 103 Å². The number of hydrogen-bond donors (Lipinski definition) is 4. The number of rotatable bonds is 18. The Labute approximate surface area is 518 Å². The Kier molecular flexibility index (Phi) is 19.6. The van der Waals surface area contributed by atoms with Crippen molar-refractivity contribution in [3.8, 4) is 33.3 Å². The number of piperidine rings is 1. The van der Waals surface area contributed by atoms with Crippen LogP contribution in [-0.2, 0) is 25.5 Å². The van der Waals surface area contributed by atoms with Gasteiger partial charge in [0.15, 0.2) is 5.82 Å². The molecule has 4 fully saturated rings. The number of carbonyl (C=O) groups excluding carboxylic acids is 4. The molecule has 0 unspecified atom stereocenters. The van der Waals surface area contributed by atoms with Crippen molar-refractivity contribution in [2.45, 2.75) is 111 Å². The van der Waals surface area contributed by atoms with Gasteiger partial charge in [0.25, 0.3) is 0 Å². The Balaban J connectivity index is 0.686. The molecule has 22 heteroatoms. The minimum absolute atomic E-state index is 0.0201. The van der Waals surface area contributed by atoms with Gasteiger partial charge in [-0.2, -0.15) is 9.97 Å². The van der Waals surface area contributed by atoms with E-state index in [-0.39, 0.29) is 71.2 Å². The number of phenolic OH excluding ortho intramolecular Hbond substituents is 1. The number of aromatic nitrogens is 3. The standard InChI is InChI=1S/C65H83ClFN11O8S/c1-40(85-62-71-57-51(59(72-62)76-27-29-77(30-28-76)63(84)86-64(4,5)6)34-52(66)55(56(57)67)50-32-47(79)31-46-11-9-10-12-49(46)50)35-74-23-25-75(26-24-74)36-44-18-21-73(22-19-44)38-54(81)70-42(3)65(7,8)61(83)78-37-48(80)33-53(78)60(82)68-20-17-43-13-15-45(16-14-43)58-41(2)69-39-87-58/h9-16,31-32,34,39-40,42,44,48,53,79-80H,17-30,33,35-38H2,1-8H3,(H,68,82)(H,70,81)/t40-,42+,48-,53+/m1/s1. The number of likely N-dealkylation sites (tertiary alicyclic amines) is 2. The summed E-state index contributed by atoms with van der Waals surface area (Å²) in [7, 11) is 0. The van der Waals surface area contributed by atoms with Crippen LogP contribution in [0.1, 0.15) is 79.0 Å². The van der Waals surface area contributed by atoms with E-state index in [1.807, 2.05) is 88.4 Å². The Morgan fingerprint density at radius 3 is 2.25 bits per heavy atom. The number of hydrogen-bond acceptors (Lipinski definition) is 16. The number of aryl methyl sites for hydroxylation is 1. The summed E-state index contributed by atoms with van der Waals surface area (Å²) in [4.78, 5) is 81.5. The molecule has 4 atom stereocenters. The highest BCUT2D eigenvalue weighted by Gasteiger charge is 2.46. The zero-order chi connectivity index (χ0) is 61.9. The van der Waals surface area contributed by atoms with Gasteiger partial charge in [0.1, 0.15) is 34.8 Å². The number of ether oxygens (including phenoxy) is 2. The molecule has 0 radical (unpaired) electrons. The van der Waals surface area contributed by atoms with Crippen LogP contribution in [0.4, 0.5) is 15.0 Å². The molecule has 0 spiro atoms. The van der Waals surface area contributed by atoms with Gasteiger partial charge in [0.2, 0.25) is 17.7 Å². The number of phenols is 1. The first-order valence-electron chi connectivity index (χ1n) is 30.5. The number of β-amino-alcohol motifs (C(OH)–C–C–N with tert-alkyl or cyclic N) is 1. The maximum Gasteiger partial charge on any atom is 0.410 e. The second kappa shape index (κ2) is 26.9. The number of aliphatic hydroxyl groups excluding tert-OH is 1. The molecule has 4 amide bonds. The molecular weight excluding hydrogens is 1150 g/mol. The van der Waals surface area contributed by atoms with E-state index in [1.54, 1.807) is 42.2 Å². The summed E-state index contributed by atoms with van der Waals surface area (Å²) in [6, 6.07) is 19.1. The first kappa shape index (κ1) is 63.3. The number of benzene rings is 4. The van der Waals surface area contributed by atoms with Gasteiger partial charge < -0.3 is 49.9 Å². The molecule has 4 N–H and O–H groups in total. The lowest BCUT2D eigenvalue weighted by molar-refractivity contribution is -0.147. The van der Waals surface area contributed by atoms with Crippen molar-refractivity contribution in [3.63, 3.8) is 0 Å². The molecule has 4 aliphatic heterocycles. The maximum atomic E-state index is 17.3. The lowest BCUT2D eigenvalue weighted by atomic mass is 9.83. The molecule has 0 bridgehead atoms. The van der Waals surface area contributed by atoms with Gasteiger partial charge >= 0.3 is 12.1 Å². The highest BCUT2D eigenvalue weighted by Crippen LogP contribution is 2.43. The third-order valence-corrected chi connectivity index (χ3v) is 18.9. The highest BCUT2D eigenvalue weighted by atomic mass is 35.5. The van der Waals surface area contributed by atoms with Crippen LogP contribution in [0.15, 0.2) is 72.2 Å². The number of piperazine rings is 2. The van der Waals surface area contributed by atoms with E-state index in [0.717, 1.165) is 85.7 Å². The van der Waals surface area contributed by atoms with Crippen LogP contribution in [0.3, 0.4) is 0 Å². The fourth-order valence-corrected chi connectivity index (χ4v) is 13.5. The minimum atomic E-state index is -1.05. The first-order chi connectivity index (χ1) is 41.5. The fourth-order valence-electron chi connectivity index (χ4n) is 12.4. The van der Waals surface area contributed by atoms with Crippen molar-refractivity contribution in [1.82, 2.24) is 50.1 Å². The zero-order valence-electron chi connectivity index (χ0n) is 51.3. The number of anilines is 1. The van der Waals surface area contributed by atoms with Crippen LogP contribution < -0.4 is 20.3 Å². The van der Waals surface area contributed by atoms with Crippen LogP contribution in [0.5, 0.6) is 11.8 Å². The van der Waals surface area contributed by atoms with Crippen LogP contribution in [0, 0.1) is 24.1 Å². The molecular formula is C65H83ClFN11O8S. The van der Waals surface area contributed by atoms with Crippen LogP contribution >= 0.6 is 22.9 Å². The van der Waals surface area contributed by atoms with Crippen molar-refractivity contribution in [1.29, 1.82) is 0 Å². The van der Waals surface area contributed by atoms with Crippen LogP contribution in [-0.4, -0.2) is 202 Å². The molecule has 466 valence electrons. The molecule has 6 heterocycles. The first-order valence-corrected chi connectivity index (χ1v) is 31.8. The van der Waals surface area contributed by atoms with Crippen molar-refractivity contribution in [3.05, 3.63) is 94.3 Å². The van der Waals surface area contributed by atoms with Crippen molar-refractivity contribution in [2.24, 2.45) is 11.3 Å². The summed E-state index contributed by atoms with van der Waals surface area (Å²) in [5.74, 6) is -0.511. The van der Waals surface area contributed by atoms with Crippen LogP contribution in [0.2, 0.25) is 5.02 Å². The average Bonchev–Trinajstić information content (AvgIpc) is 1.83. The largest absolute Gasteiger partial charge is 0.508 e. The second-order valence-corrected chi connectivity index (χ2v) is 26.8. The van der Waals surface area contributed by atoms with E-state index in [9.17, 15) is 29.4 Å². The Morgan fingerprint density at radius 2 is 1.56 bits per heavy atom. The molecule has 19 nitrogen and oxygen atoms in total. The van der Waals surface area contributed by atoms with E-state index in [1.165, 1.54) is 11.0 Å². The lowest BCUT2D eigenvalue weighted by Gasteiger charge is -2.39. The van der Waals surface area contributed by atoms with Crippen molar-refractivity contribution >= 4 is 74.2 Å². The van der Waals surface area contributed by atoms with E-state index in [2.05, 4.69) is 42.5 Å². The molecule has 0 aliphatic carbocycles. The molecule has 4 aromatic carbocycles. The SMILES string of the molecule is Cc1ncsc1-c1ccc(CCNC(=O)[C@@H]2C[C@@H](O)CN2C(=O)C(C)(C)[C@H](C)NC(=O)CN2CCC(CN3CCN(C[C@@H](C)Oc4nc(N5CCN(C(=O)OC(C)(C)C)CC5)c5cc(Cl)c(-c6cc(O)cc7ccccc67)c(F)c5n4)CC3)CC2)cc1. The number of halogens is 2. The van der Waals surface area contributed by atoms with Gasteiger partial charge in [-0.1, -0.05) is 60.1 Å². The van der Waals surface area contributed by atoms with Gasteiger partial charge in [-0.3, -0.25) is 24.2 Å². The Morgan fingerprint density at radius 1 is 0.862 bits per heavy atom. The summed E-state index contributed by atoms with van der Waals surface area (Å²) in [5, 5.41) is 29.5. The van der Waals surface area contributed by atoms with Gasteiger partial charge in [-0.05, 0) is 139 Å². The topological polar surface area (TPSA) is 209 Å². The monoisotopic (exact) mass is 1230 g/mol. The number of amides is 4. The summed E-state index contributed by atoms with van der Waals surface area (Å²) in [6.45, 7) is 23.6. The van der Waals surface area contributed by atoms with E-state index in [0.29, 0.717) is 73.8 Å².